The van der Waals surface area contributed by atoms with E-state index in [0.29, 0.717) is 39.6 Å². The molecule has 49 heavy (non-hydrogen) atoms. The van der Waals surface area contributed by atoms with Gasteiger partial charge in [0, 0.05) is 29.3 Å². The van der Waals surface area contributed by atoms with Crippen molar-refractivity contribution in [2.75, 3.05) is 19.6 Å². The van der Waals surface area contributed by atoms with Gasteiger partial charge in [0.05, 0.1) is 29.6 Å². The number of fused-ring (bicyclic) bond motifs is 3. The summed E-state index contributed by atoms with van der Waals surface area (Å²) in [5.74, 6) is 2.56. The maximum Gasteiger partial charge on any atom is 0.339 e. The zero-order chi connectivity index (χ0) is 36.1. The Balaban J connectivity index is 0.000000162. The van der Waals surface area contributed by atoms with Crippen molar-refractivity contribution in [1.82, 2.24) is 9.80 Å². The van der Waals surface area contributed by atoms with Gasteiger partial charge in [0.25, 0.3) is 5.91 Å². The van der Waals surface area contributed by atoms with E-state index in [2.05, 4.69) is 11.8 Å². The average molecular weight is 719 g/mol. The predicted molar refractivity (Wildman–Crippen MR) is 183 cm³/mol. The molecular weight excluding hydrogens is 676 g/mol. The smallest absolute Gasteiger partial charge is 0.339 e. The van der Waals surface area contributed by atoms with Crippen molar-refractivity contribution in [3.8, 4) is 6.07 Å². The van der Waals surface area contributed by atoms with Gasteiger partial charge < -0.3 is 25.3 Å². The van der Waals surface area contributed by atoms with Crippen LogP contribution in [0.5, 0.6) is 0 Å². The van der Waals surface area contributed by atoms with Crippen molar-refractivity contribution in [2.45, 2.75) is 70.2 Å². The zero-order valence-corrected chi connectivity index (χ0v) is 29.4. The number of hydrogen-bond donors (Lipinski definition) is 3. The van der Waals surface area contributed by atoms with Crippen LogP contribution in [-0.4, -0.2) is 63.5 Å². The lowest BCUT2D eigenvalue weighted by Gasteiger charge is -2.42. The lowest BCUT2D eigenvalue weighted by molar-refractivity contribution is -0.133. The van der Waals surface area contributed by atoms with Gasteiger partial charge in [0.2, 0.25) is 20.7 Å². The van der Waals surface area contributed by atoms with Gasteiger partial charge in [0.1, 0.15) is 0 Å². The number of primary amides is 1. The third-order valence-corrected chi connectivity index (χ3v) is 11.5. The maximum atomic E-state index is 14.0. The first-order valence-corrected chi connectivity index (χ1v) is 18.4. The van der Waals surface area contributed by atoms with Crippen molar-refractivity contribution in [2.24, 2.45) is 23.5 Å². The molecule has 4 atom stereocenters. The summed E-state index contributed by atoms with van der Waals surface area (Å²) in [6.07, 6.45) is 6.43. The van der Waals surface area contributed by atoms with E-state index in [9.17, 15) is 27.6 Å². The molecule has 4 aliphatic rings. The molecular formula is C35H42F3N4O5PS. The number of likely N-dealkylation sites (tertiary alicyclic amines) is 1. The number of alkyl halides is 3. The molecule has 0 spiro atoms. The molecule has 0 bridgehead atoms. The highest BCUT2D eigenvalue weighted by Crippen LogP contribution is 2.54. The highest BCUT2D eigenvalue weighted by atomic mass is 32.1. The fourth-order valence-corrected chi connectivity index (χ4v) is 8.09. The number of hydrogen-bond acceptors (Lipinski definition) is 7. The molecule has 1 aliphatic carbocycles. The normalized spacial score (nSPS) is 23.4. The minimum Gasteiger partial charge on any atom is -0.365 e. The second-order valence-corrected chi connectivity index (χ2v) is 14.8. The van der Waals surface area contributed by atoms with Crippen LogP contribution in [0.15, 0.2) is 48.5 Å². The number of carbonyl (C=O) groups is 3. The molecule has 14 heteroatoms. The summed E-state index contributed by atoms with van der Waals surface area (Å²) in [6.45, 7) is 7.60. The first-order valence-electron chi connectivity index (χ1n) is 16.4. The summed E-state index contributed by atoms with van der Waals surface area (Å²) in [4.78, 5) is 54.3. The Kier molecular flexibility index (Phi) is 12.5. The van der Waals surface area contributed by atoms with Crippen molar-refractivity contribution >= 4 is 48.0 Å². The summed E-state index contributed by atoms with van der Waals surface area (Å²) < 4.78 is 41.5. The fraction of sp³-hybridized carbons (Fsp3) is 0.486. The van der Waals surface area contributed by atoms with E-state index in [1.807, 2.05) is 19.9 Å². The van der Waals surface area contributed by atoms with E-state index in [1.54, 1.807) is 24.3 Å². The quantitative estimate of drug-likeness (QED) is 0.200. The number of carbonyl (C=O) groups excluding carboxylic acids is 3. The molecule has 3 aromatic rings. The summed E-state index contributed by atoms with van der Waals surface area (Å²) in [6, 6.07) is 14.0. The van der Waals surface area contributed by atoms with Gasteiger partial charge in [-0.2, -0.15) is 14.0 Å². The molecule has 4 fully saturated rings. The van der Waals surface area contributed by atoms with Crippen molar-refractivity contribution in [1.29, 1.82) is 5.26 Å². The molecule has 4 N–H and O–H groups in total. The molecule has 2 aromatic carbocycles. The summed E-state index contributed by atoms with van der Waals surface area (Å²) in [7, 11) is -3.40. The average Bonchev–Trinajstić information content (AvgIpc) is 3.41. The van der Waals surface area contributed by atoms with E-state index in [0.717, 1.165) is 60.6 Å². The lowest BCUT2D eigenvalue weighted by Crippen LogP contribution is -2.55. The molecule has 7 rings (SSSR count). The number of nitriles is 1. The Hall–Kier alpha value is -3.56. The molecule has 3 amide bonds. The fourth-order valence-electron chi connectivity index (χ4n) is 6.83. The van der Waals surface area contributed by atoms with Crippen molar-refractivity contribution in [3.05, 3.63) is 70.1 Å². The second-order valence-electron chi connectivity index (χ2n) is 12.6. The van der Waals surface area contributed by atoms with Crippen LogP contribution in [0.1, 0.15) is 79.2 Å². The first kappa shape index (κ1) is 38.2. The molecule has 0 radical (unpaired) electrons. The van der Waals surface area contributed by atoms with Gasteiger partial charge in [-0.1, -0.05) is 39.0 Å². The number of benzene rings is 2. The summed E-state index contributed by atoms with van der Waals surface area (Å²) >= 11 is 1.09. The van der Waals surface area contributed by atoms with Gasteiger partial charge in [-0.05, 0) is 84.7 Å². The minimum absolute atomic E-state index is 0.0996. The number of amides is 3. The van der Waals surface area contributed by atoms with E-state index in [4.69, 9.17) is 20.8 Å². The van der Waals surface area contributed by atoms with E-state index in [1.165, 1.54) is 36.3 Å². The highest BCUT2D eigenvalue weighted by Gasteiger charge is 2.50. The van der Waals surface area contributed by atoms with Gasteiger partial charge in [0.15, 0.2) is 5.67 Å². The second kappa shape index (κ2) is 16.0. The van der Waals surface area contributed by atoms with Crippen LogP contribution < -0.4 is 5.73 Å². The van der Waals surface area contributed by atoms with Gasteiger partial charge >= 0.3 is 5.66 Å². The Morgan fingerprint density at radius 3 is 2.39 bits per heavy atom. The highest BCUT2D eigenvalue weighted by molar-refractivity contribution is 7.46. The third-order valence-electron chi connectivity index (χ3n) is 9.64. The van der Waals surface area contributed by atoms with Crippen molar-refractivity contribution in [3.63, 3.8) is 0 Å². The van der Waals surface area contributed by atoms with Gasteiger partial charge in [-0.3, -0.25) is 14.4 Å². The third kappa shape index (κ3) is 8.61. The van der Waals surface area contributed by atoms with E-state index in [-0.39, 0.29) is 18.0 Å². The lowest BCUT2D eigenvalue weighted by atomic mass is 9.88. The summed E-state index contributed by atoms with van der Waals surface area (Å²) in [5, 5.41) is 9.00. The molecule has 264 valence electrons. The Morgan fingerprint density at radius 2 is 1.80 bits per heavy atom. The number of nitrogens with zero attached hydrogens (tertiary/aromatic N) is 3. The topological polar surface area (TPSA) is 148 Å². The van der Waals surface area contributed by atoms with Crippen LogP contribution in [0.3, 0.4) is 0 Å². The standard InChI is InChI=1S/C12H19NO.C11H9FN2O.C10H8F2NO3PS.C2H6/c1-8-10-4-5-12(14)13-6-2-3-9(13)7-11(8)10;12-11(6-14(7-11)8-15)10-3-1-9(5-13)2-4-10;11-10(12,17(15)16)6-1-2-7-5(3-6)4-8(18-7)9(13)14;1-2/h8-11H,2-7H2,1H3;1-4,8H,6-7H2;1-4,15-16H,(H2,13,14);1-2H3. The number of halogens is 3. The van der Waals surface area contributed by atoms with Crippen LogP contribution in [-0.2, 0) is 20.9 Å². The van der Waals surface area contributed by atoms with Crippen LogP contribution >= 0.6 is 19.7 Å². The largest absolute Gasteiger partial charge is 0.365 e. The predicted octanol–water partition coefficient (Wildman–Crippen LogP) is 6.61. The zero-order valence-electron chi connectivity index (χ0n) is 27.7. The Bertz CT molecular complexity index is 1680. The SMILES string of the molecule is CC.CC1C2CCC(=O)N3CCCC3CC12.N#Cc1ccc(C2(F)CN(C=O)C2)cc1.NC(=O)c1cc2cc(C(F)(F)P(O)O)ccc2s1. The molecule has 9 nitrogen and oxygen atoms in total. The summed E-state index contributed by atoms with van der Waals surface area (Å²) in [5.41, 5.74) is 0.500. The Labute approximate surface area is 289 Å². The van der Waals surface area contributed by atoms with E-state index < -0.39 is 31.2 Å². The van der Waals surface area contributed by atoms with Crippen LogP contribution in [0.25, 0.3) is 10.1 Å². The van der Waals surface area contributed by atoms with Crippen molar-refractivity contribution < 1.29 is 37.3 Å². The minimum atomic E-state index is -3.70. The van der Waals surface area contributed by atoms with Crippen LogP contribution in [0, 0.1) is 29.1 Å². The number of rotatable bonds is 5. The molecule has 3 aliphatic heterocycles. The molecule has 4 unspecified atom stereocenters. The van der Waals surface area contributed by atoms with E-state index >= 15 is 0 Å². The monoisotopic (exact) mass is 718 g/mol. The number of nitrogens with two attached hydrogens (primary N) is 1. The maximum absolute atomic E-state index is 14.0. The molecule has 3 saturated heterocycles. The van der Waals surface area contributed by atoms with Gasteiger partial charge in [-0.15, -0.1) is 11.3 Å². The molecule has 1 aromatic heterocycles. The Morgan fingerprint density at radius 1 is 1.12 bits per heavy atom. The molecule has 1 saturated carbocycles. The van der Waals surface area contributed by atoms with Crippen LogP contribution in [0.2, 0.25) is 0 Å². The van der Waals surface area contributed by atoms with Gasteiger partial charge in [-0.25, -0.2) is 4.39 Å². The molecule has 4 heterocycles. The number of thiophene rings is 1. The van der Waals surface area contributed by atoms with Crippen LogP contribution in [0.4, 0.5) is 13.2 Å². The first-order chi connectivity index (χ1) is 23.3.